The number of amides is 3. The van der Waals surface area contributed by atoms with Crippen LogP contribution < -0.4 is 16.3 Å². The van der Waals surface area contributed by atoms with Crippen molar-refractivity contribution < 1.29 is 23.9 Å². The lowest BCUT2D eigenvalue weighted by Crippen LogP contribution is -2.43. The molecule has 4 bridgehead atoms. The van der Waals surface area contributed by atoms with Crippen LogP contribution in [0.3, 0.4) is 0 Å². The number of hydrogen-bond donors (Lipinski definition) is 3. The van der Waals surface area contributed by atoms with Crippen molar-refractivity contribution in [3.63, 3.8) is 0 Å². The van der Waals surface area contributed by atoms with E-state index in [-0.39, 0.29) is 48.3 Å². The van der Waals surface area contributed by atoms with Gasteiger partial charge in [-0.3, -0.25) is 19.0 Å². The van der Waals surface area contributed by atoms with E-state index in [0.717, 1.165) is 5.56 Å². The summed E-state index contributed by atoms with van der Waals surface area (Å²) in [4.78, 5) is 53.2. The molecular formula is C30H35FN6O5. The SMILES string of the molecule is Cn1nc2n(c1=O)CC(C(=O)N1CCCNC(=O)c3cc(ccc3F)-c3cc(ccc3O)CCNC(=O)CCC1)CC2. The maximum atomic E-state index is 14.7. The average Bonchev–Trinajstić information content (AvgIpc) is 3.26. The zero-order chi connectivity index (χ0) is 29.8. The van der Waals surface area contributed by atoms with Crippen LogP contribution in [0.5, 0.6) is 5.75 Å². The van der Waals surface area contributed by atoms with E-state index >= 15 is 0 Å². The molecule has 2 aliphatic rings. The number of fused-ring (bicyclic) bond motifs is 6. The molecule has 0 radical (unpaired) electrons. The van der Waals surface area contributed by atoms with Crippen LogP contribution in [0.25, 0.3) is 11.1 Å². The topological polar surface area (TPSA) is 139 Å². The summed E-state index contributed by atoms with van der Waals surface area (Å²) in [5, 5.41) is 20.3. The molecule has 3 N–H and O–H groups in total. The van der Waals surface area contributed by atoms with Crippen LogP contribution in [0.1, 0.15) is 47.4 Å². The summed E-state index contributed by atoms with van der Waals surface area (Å²) in [7, 11) is 1.59. The molecule has 3 heterocycles. The van der Waals surface area contributed by atoms with Crippen LogP contribution in [0.15, 0.2) is 41.2 Å². The summed E-state index contributed by atoms with van der Waals surface area (Å²) in [5.41, 5.74) is 1.41. The number of rotatable bonds is 1. The van der Waals surface area contributed by atoms with E-state index in [0.29, 0.717) is 68.7 Å². The van der Waals surface area contributed by atoms with E-state index in [1.165, 1.54) is 22.9 Å². The standard InChI is InChI=1S/C30H35FN6O5/c1-35-30(42)37-18-21(7-10-26(37)34-35)29(41)36-14-2-4-27(39)32-13-11-19-5-9-25(38)22(16-19)20-6-8-24(31)23(17-20)28(40)33-12-3-15-36/h5-6,8-9,16-17,21,38H,2-4,7,10-15,18H2,1H3,(H,32,39)(H,33,40). The van der Waals surface area contributed by atoms with Gasteiger partial charge >= 0.3 is 5.69 Å². The van der Waals surface area contributed by atoms with Crippen molar-refractivity contribution in [2.24, 2.45) is 13.0 Å². The van der Waals surface area contributed by atoms with Gasteiger partial charge in [0.15, 0.2) is 0 Å². The third kappa shape index (κ3) is 6.37. The quantitative estimate of drug-likeness (QED) is 0.402. The number of nitrogens with one attached hydrogen (secondary N) is 2. The molecule has 0 saturated carbocycles. The van der Waals surface area contributed by atoms with Gasteiger partial charge < -0.3 is 20.6 Å². The Labute approximate surface area is 242 Å². The molecule has 2 aliphatic heterocycles. The first-order valence-corrected chi connectivity index (χ1v) is 14.3. The van der Waals surface area contributed by atoms with Crippen molar-refractivity contribution in [3.05, 3.63) is 69.7 Å². The van der Waals surface area contributed by atoms with Crippen molar-refractivity contribution in [1.29, 1.82) is 0 Å². The Morgan fingerprint density at radius 1 is 0.976 bits per heavy atom. The normalized spacial score (nSPS) is 18.6. The second-order valence-electron chi connectivity index (χ2n) is 10.9. The highest BCUT2D eigenvalue weighted by atomic mass is 19.1. The van der Waals surface area contributed by atoms with Crippen molar-refractivity contribution in [3.8, 4) is 16.9 Å². The fraction of sp³-hybridized carbons (Fsp3) is 0.433. The van der Waals surface area contributed by atoms with Gasteiger partial charge in [0, 0.05) is 58.2 Å². The molecule has 0 saturated heterocycles. The number of benzene rings is 2. The smallest absolute Gasteiger partial charge is 0.345 e. The number of phenolic OH excluding ortho intramolecular Hbond substituents is 1. The van der Waals surface area contributed by atoms with Gasteiger partial charge in [0.1, 0.15) is 17.4 Å². The van der Waals surface area contributed by atoms with E-state index in [1.54, 1.807) is 34.7 Å². The van der Waals surface area contributed by atoms with E-state index in [2.05, 4.69) is 15.7 Å². The Bertz CT molecular complexity index is 1560. The lowest BCUT2D eigenvalue weighted by atomic mass is 9.97. The monoisotopic (exact) mass is 578 g/mol. The maximum absolute atomic E-state index is 14.7. The molecule has 5 rings (SSSR count). The fourth-order valence-electron chi connectivity index (χ4n) is 5.60. The van der Waals surface area contributed by atoms with Crippen LogP contribution in [-0.2, 0) is 36.0 Å². The van der Waals surface area contributed by atoms with Gasteiger partial charge in [-0.05, 0) is 61.1 Å². The largest absolute Gasteiger partial charge is 0.507 e. The molecule has 3 aromatic rings. The number of nitrogens with zero attached hydrogens (tertiary/aromatic N) is 4. The molecule has 42 heavy (non-hydrogen) atoms. The lowest BCUT2D eigenvalue weighted by Gasteiger charge is -2.29. The van der Waals surface area contributed by atoms with Gasteiger partial charge in [0.05, 0.1) is 11.5 Å². The van der Waals surface area contributed by atoms with Gasteiger partial charge in [0.2, 0.25) is 11.8 Å². The number of carbonyl (C=O) groups excluding carboxylic acids is 3. The van der Waals surface area contributed by atoms with E-state index in [4.69, 9.17) is 0 Å². The number of phenols is 1. The second-order valence-corrected chi connectivity index (χ2v) is 10.9. The highest BCUT2D eigenvalue weighted by Gasteiger charge is 2.30. The third-order valence-corrected chi connectivity index (χ3v) is 7.91. The van der Waals surface area contributed by atoms with Crippen molar-refractivity contribution in [1.82, 2.24) is 29.9 Å². The Balaban J connectivity index is 1.33. The third-order valence-electron chi connectivity index (χ3n) is 7.91. The van der Waals surface area contributed by atoms with Crippen LogP contribution >= 0.6 is 0 Å². The highest BCUT2D eigenvalue weighted by molar-refractivity contribution is 5.96. The minimum absolute atomic E-state index is 0.000931. The fourth-order valence-corrected chi connectivity index (χ4v) is 5.60. The molecule has 12 heteroatoms. The number of aryl methyl sites for hydroxylation is 2. The first-order chi connectivity index (χ1) is 20.2. The molecule has 1 unspecified atom stereocenters. The average molecular weight is 579 g/mol. The van der Waals surface area contributed by atoms with Crippen molar-refractivity contribution >= 4 is 17.7 Å². The molecule has 11 nitrogen and oxygen atoms in total. The molecule has 0 fully saturated rings. The number of halogens is 1. The summed E-state index contributed by atoms with van der Waals surface area (Å²) in [5.74, 6) is -1.23. The first-order valence-electron chi connectivity index (χ1n) is 14.3. The van der Waals surface area contributed by atoms with E-state index < -0.39 is 17.6 Å². The molecule has 1 aromatic heterocycles. The lowest BCUT2D eigenvalue weighted by molar-refractivity contribution is -0.137. The van der Waals surface area contributed by atoms with Gasteiger partial charge in [-0.15, -0.1) is 0 Å². The van der Waals surface area contributed by atoms with Gasteiger partial charge in [-0.1, -0.05) is 12.1 Å². The number of aromatic nitrogens is 3. The number of carbonyl (C=O) groups is 3. The molecule has 0 aliphatic carbocycles. The zero-order valence-corrected chi connectivity index (χ0v) is 23.6. The van der Waals surface area contributed by atoms with Crippen molar-refractivity contribution in [2.75, 3.05) is 26.2 Å². The molecule has 2 aromatic carbocycles. The first kappa shape index (κ1) is 29.0. The van der Waals surface area contributed by atoms with Crippen LogP contribution in [0.4, 0.5) is 4.39 Å². The predicted octanol–water partition coefficient (Wildman–Crippen LogP) is 1.76. The maximum Gasteiger partial charge on any atom is 0.345 e. The van der Waals surface area contributed by atoms with Crippen LogP contribution in [0.2, 0.25) is 0 Å². The molecule has 3 amide bonds. The van der Waals surface area contributed by atoms with Gasteiger partial charge in [-0.2, -0.15) is 5.10 Å². The summed E-state index contributed by atoms with van der Waals surface area (Å²) < 4.78 is 17.5. The van der Waals surface area contributed by atoms with E-state index in [1.807, 2.05) is 0 Å². The summed E-state index contributed by atoms with van der Waals surface area (Å²) in [6.07, 6.45) is 2.70. The molecular weight excluding hydrogens is 543 g/mol. The van der Waals surface area contributed by atoms with Crippen LogP contribution in [0, 0.1) is 11.7 Å². The van der Waals surface area contributed by atoms with Gasteiger partial charge in [0.25, 0.3) is 5.91 Å². The summed E-state index contributed by atoms with van der Waals surface area (Å²) in [6.45, 7) is 1.51. The van der Waals surface area contributed by atoms with Crippen molar-refractivity contribution in [2.45, 2.75) is 45.1 Å². The predicted molar refractivity (Wildman–Crippen MR) is 152 cm³/mol. The Morgan fingerprint density at radius 3 is 2.62 bits per heavy atom. The number of aromatic hydroxyl groups is 1. The number of hydrogen-bond acceptors (Lipinski definition) is 6. The molecule has 222 valence electrons. The van der Waals surface area contributed by atoms with Gasteiger partial charge in [-0.25, -0.2) is 13.9 Å². The summed E-state index contributed by atoms with van der Waals surface area (Å²) >= 11 is 0. The molecule has 0 spiro atoms. The minimum atomic E-state index is -0.681. The van der Waals surface area contributed by atoms with Crippen LogP contribution in [-0.4, -0.2) is 68.3 Å². The summed E-state index contributed by atoms with van der Waals surface area (Å²) in [6, 6.07) is 9.17. The minimum Gasteiger partial charge on any atom is -0.507 e. The zero-order valence-electron chi connectivity index (χ0n) is 23.6. The highest BCUT2D eigenvalue weighted by Crippen LogP contribution is 2.31. The Hall–Kier alpha value is -4.48. The Morgan fingerprint density at radius 2 is 1.79 bits per heavy atom. The Kier molecular flexibility index (Phi) is 8.69. The second kappa shape index (κ2) is 12.6. The molecule has 1 atom stereocenters. The van der Waals surface area contributed by atoms with E-state index in [9.17, 15) is 28.7 Å².